The lowest BCUT2D eigenvalue weighted by atomic mass is 10.0. The van der Waals surface area contributed by atoms with Crippen LogP contribution in [-0.2, 0) is 0 Å². The molecule has 0 aliphatic rings. The van der Waals surface area contributed by atoms with E-state index in [2.05, 4.69) is 22.0 Å². The molecule has 19 heavy (non-hydrogen) atoms. The van der Waals surface area contributed by atoms with Gasteiger partial charge in [-0.2, -0.15) is 5.26 Å². The summed E-state index contributed by atoms with van der Waals surface area (Å²) >= 11 is 3.11. The molecule has 2 aromatic rings. The Balaban J connectivity index is 2.56. The van der Waals surface area contributed by atoms with Gasteiger partial charge in [0.25, 0.3) is 0 Å². The van der Waals surface area contributed by atoms with E-state index in [0.717, 1.165) is 5.56 Å². The van der Waals surface area contributed by atoms with Crippen LogP contribution in [-0.4, -0.2) is 0 Å². The van der Waals surface area contributed by atoms with Crippen LogP contribution in [0.4, 0.5) is 4.39 Å². The van der Waals surface area contributed by atoms with Crippen molar-refractivity contribution in [1.29, 1.82) is 5.26 Å². The van der Waals surface area contributed by atoms with Crippen molar-refractivity contribution >= 4 is 27.2 Å². The molecule has 0 aliphatic carbocycles. The molecule has 0 unspecified atom stereocenters. The second-order valence-electron chi connectivity index (χ2n) is 3.90. The smallest absolute Gasteiger partial charge is 0.137 e. The molecule has 2 nitrogen and oxygen atoms in total. The summed E-state index contributed by atoms with van der Waals surface area (Å²) in [6.45, 7) is 0. The zero-order valence-electron chi connectivity index (χ0n) is 9.90. The molecule has 0 heterocycles. The zero-order chi connectivity index (χ0) is 13.8. The Bertz CT molecular complexity index is 672. The van der Waals surface area contributed by atoms with E-state index >= 15 is 0 Å². The fourth-order valence-corrected chi connectivity index (χ4v) is 2.07. The van der Waals surface area contributed by atoms with Gasteiger partial charge >= 0.3 is 0 Å². The van der Waals surface area contributed by atoms with Gasteiger partial charge in [-0.25, -0.2) is 4.39 Å². The standard InChI is InChI=1S/C15H10BrFN2/c16-13-8-11(6-7-14(13)17)15(19)12(9-18)10-4-2-1-3-5-10/h1-8H,19H2/b15-12-. The highest BCUT2D eigenvalue weighted by Gasteiger charge is 2.09. The average Bonchev–Trinajstić information content (AvgIpc) is 2.44. The number of allylic oxidation sites excluding steroid dienone is 1. The first kappa shape index (κ1) is 13.3. The van der Waals surface area contributed by atoms with E-state index in [1.807, 2.05) is 30.3 Å². The minimum absolute atomic E-state index is 0.318. The molecule has 0 aromatic heterocycles. The van der Waals surface area contributed by atoms with Crippen LogP contribution in [0.2, 0.25) is 0 Å². The lowest BCUT2D eigenvalue weighted by molar-refractivity contribution is 0.621. The molecule has 4 heteroatoms. The number of benzene rings is 2. The monoisotopic (exact) mass is 316 g/mol. The van der Waals surface area contributed by atoms with Crippen molar-refractivity contribution in [2.75, 3.05) is 0 Å². The third kappa shape index (κ3) is 2.83. The SMILES string of the molecule is N#C/C(=C(/N)c1ccc(F)c(Br)c1)c1ccccc1. The van der Waals surface area contributed by atoms with Crippen LogP contribution in [0, 0.1) is 17.1 Å². The highest BCUT2D eigenvalue weighted by Crippen LogP contribution is 2.25. The van der Waals surface area contributed by atoms with Crippen LogP contribution in [0.5, 0.6) is 0 Å². The number of halogens is 2. The normalized spacial score (nSPS) is 11.6. The van der Waals surface area contributed by atoms with Crippen molar-refractivity contribution in [3.63, 3.8) is 0 Å². The first-order chi connectivity index (χ1) is 9.13. The van der Waals surface area contributed by atoms with E-state index < -0.39 is 0 Å². The van der Waals surface area contributed by atoms with Gasteiger partial charge in [0, 0.05) is 5.56 Å². The number of rotatable bonds is 2. The summed E-state index contributed by atoms with van der Waals surface area (Å²) in [4.78, 5) is 0. The minimum atomic E-state index is -0.366. The third-order valence-corrected chi connectivity index (χ3v) is 3.28. The number of nitrogens with two attached hydrogens (primary N) is 1. The second-order valence-corrected chi connectivity index (χ2v) is 4.75. The Hall–Kier alpha value is -2.12. The van der Waals surface area contributed by atoms with E-state index in [4.69, 9.17) is 5.73 Å². The van der Waals surface area contributed by atoms with E-state index in [1.54, 1.807) is 12.1 Å². The van der Waals surface area contributed by atoms with Crippen molar-refractivity contribution in [3.05, 3.63) is 69.9 Å². The second kappa shape index (κ2) is 5.68. The lowest BCUT2D eigenvalue weighted by Gasteiger charge is -2.07. The van der Waals surface area contributed by atoms with Gasteiger partial charge in [0.05, 0.1) is 15.7 Å². The Morgan fingerprint density at radius 2 is 1.79 bits per heavy atom. The molecule has 0 spiro atoms. The van der Waals surface area contributed by atoms with Crippen LogP contribution in [0.1, 0.15) is 11.1 Å². The summed E-state index contributed by atoms with van der Waals surface area (Å²) in [5.41, 5.74) is 8.06. The van der Waals surface area contributed by atoms with E-state index in [-0.39, 0.29) is 5.82 Å². The lowest BCUT2D eigenvalue weighted by Crippen LogP contribution is -2.01. The van der Waals surface area contributed by atoms with Crippen molar-refractivity contribution in [2.24, 2.45) is 5.73 Å². The average molecular weight is 317 g/mol. The maximum Gasteiger partial charge on any atom is 0.137 e. The van der Waals surface area contributed by atoms with Gasteiger partial charge < -0.3 is 5.73 Å². The minimum Gasteiger partial charge on any atom is -0.397 e. The Labute approximate surface area is 119 Å². The van der Waals surface area contributed by atoms with Crippen LogP contribution in [0.3, 0.4) is 0 Å². The molecule has 2 N–H and O–H groups in total. The van der Waals surface area contributed by atoms with E-state index in [0.29, 0.717) is 21.3 Å². The van der Waals surface area contributed by atoms with Crippen LogP contribution in [0.15, 0.2) is 53.0 Å². The molecular weight excluding hydrogens is 307 g/mol. The van der Waals surface area contributed by atoms with Crippen molar-refractivity contribution in [3.8, 4) is 6.07 Å². The maximum atomic E-state index is 13.2. The fourth-order valence-electron chi connectivity index (χ4n) is 1.69. The van der Waals surface area contributed by atoms with Crippen LogP contribution >= 0.6 is 15.9 Å². The summed E-state index contributed by atoms with van der Waals surface area (Å²) < 4.78 is 13.5. The molecule has 2 aromatic carbocycles. The van der Waals surface area contributed by atoms with Gasteiger partial charge in [0.2, 0.25) is 0 Å². The Kier molecular flexibility index (Phi) is 3.98. The summed E-state index contributed by atoms with van der Waals surface area (Å²) in [5, 5.41) is 9.26. The number of nitrogens with zero attached hydrogens (tertiary/aromatic N) is 1. The molecule has 0 amide bonds. The first-order valence-electron chi connectivity index (χ1n) is 5.54. The molecular formula is C15H10BrFN2. The summed E-state index contributed by atoms with van der Waals surface area (Å²) in [6, 6.07) is 15.7. The summed E-state index contributed by atoms with van der Waals surface area (Å²) in [6.07, 6.45) is 0. The van der Waals surface area contributed by atoms with Gasteiger partial charge in [-0.3, -0.25) is 0 Å². The zero-order valence-corrected chi connectivity index (χ0v) is 11.5. The quantitative estimate of drug-likeness (QED) is 0.674. The van der Waals surface area contributed by atoms with E-state index in [1.165, 1.54) is 6.07 Å². The van der Waals surface area contributed by atoms with Crippen LogP contribution < -0.4 is 5.73 Å². The van der Waals surface area contributed by atoms with Gasteiger partial charge in [-0.1, -0.05) is 30.3 Å². The summed E-state index contributed by atoms with van der Waals surface area (Å²) in [7, 11) is 0. The molecule has 0 atom stereocenters. The molecule has 0 saturated carbocycles. The Morgan fingerprint density at radius 3 is 2.37 bits per heavy atom. The number of hydrogen-bond acceptors (Lipinski definition) is 2. The number of nitriles is 1. The molecule has 0 bridgehead atoms. The van der Waals surface area contributed by atoms with Gasteiger partial charge in [-0.15, -0.1) is 0 Å². The molecule has 0 saturated heterocycles. The summed E-state index contributed by atoms with van der Waals surface area (Å²) in [5.74, 6) is -0.366. The van der Waals surface area contributed by atoms with Crippen molar-refractivity contribution < 1.29 is 4.39 Å². The van der Waals surface area contributed by atoms with Gasteiger partial charge in [-0.05, 0) is 39.7 Å². The molecule has 2 rings (SSSR count). The van der Waals surface area contributed by atoms with E-state index in [9.17, 15) is 9.65 Å². The fraction of sp³-hybridized carbons (Fsp3) is 0. The van der Waals surface area contributed by atoms with Crippen LogP contribution in [0.25, 0.3) is 11.3 Å². The van der Waals surface area contributed by atoms with Gasteiger partial charge in [0.15, 0.2) is 0 Å². The highest BCUT2D eigenvalue weighted by atomic mass is 79.9. The van der Waals surface area contributed by atoms with Crippen molar-refractivity contribution in [1.82, 2.24) is 0 Å². The highest BCUT2D eigenvalue weighted by molar-refractivity contribution is 9.10. The largest absolute Gasteiger partial charge is 0.397 e. The molecule has 94 valence electrons. The predicted octanol–water partition coefficient (Wildman–Crippen LogP) is 3.94. The topological polar surface area (TPSA) is 49.8 Å². The van der Waals surface area contributed by atoms with Crippen molar-refractivity contribution in [2.45, 2.75) is 0 Å². The molecule has 0 fully saturated rings. The molecule has 0 radical (unpaired) electrons. The third-order valence-electron chi connectivity index (χ3n) is 2.67. The Morgan fingerprint density at radius 1 is 1.11 bits per heavy atom. The van der Waals surface area contributed by atoms with Gasteiger partial charge in [0.1, 0.15) is 11.9 Å². The predicted molar refractivity (Wildman–Crippen MR) is 77.2 cm³/mol. The first-order valence-corrected chi connectivity index (χ1v) is 6.33. The molecule has 0 aliphatic heterocycles. The maximum absolute atomic E-state index is 13.2. The number of hydrogen-bond donors (Lipinski definition) is 1.